The van der Waals surface area contributed by atoms with Crippen molar-refractivity contribution in [2.24, 2.45) is 5.92 Å². The second-order valence-corrected chi connectivity index (χ2v) is 17.6. The molecule has 2 aromatic heterocycles. The zero-order chi connectivity index (χ0) is 36.0. The van der Waals surface area contributed by atoms with Crippen LogP contribution in [0.15, 0.2) is 43.2 Å². The Hall–Kier alpha value is -3.84. The van der Waals surface area contributed by atoms with E-state index in [-0.39, 0.29) is 40.8 Å². The molecular formula is C38H50FN7O4S. The molecule has 7 rings (SSSR count). The Balaban J connectivity index is 1.25. The number of piperidine rings is 1. The summed E-state index contributed by atoms with van der Waals surface area (Å²) in [6, 6.07) is 5.97. The first-order valence-electron chi connectivity index (χ1n) is 18.4. The molecule has 4 saturated heterocycles. The van der Waals surface area contributed by atoms with E-state index in [4.69, 9.17) is 14.7 Å². The van der Waals surface area contributed by atoms with Crippen LogP contribution in [0.1, 0.15) is 82.4 Å². The van der Waals surface area contributed by atoms with Crippen LogP contribution in [0.4, 0.5) is 27.7 Å². The van der Waals surface area contributed by atoms with Gasteiger partial charge in [-0.3, -0.25) is 4.79 Å². The fourth-order valence-electron chi connectivity index (χ4n) is 8.78. The van der Waals surface area contributed by atoms with Crippen molar-refractivity contribution < 1.29 is 22.3 Å². The van der Waals surface area contributed by atoms with E-state index < -0.39 is 22.1 Å². The van der Waals surface area contributed by atoms with Crippen molar-refractivity contribution in [1.82, 2.24) is 19.9 Å². The molecule has 51 heavy (non-hydrogen) atoms. The summed E-state index contributed by atoms with van der Waals surface area (Å²) in [5.74, 6) is 1.75. The number of carbonyl (C=O) groups excluding carboxylic acids is 1. The summed E-state index contributed by atoms with van der Waals surface area (Å²) in [6.07, 6.45) is 8.13. The number of ether oxygens (including phenoxy) is 1. The lowest BCUT2D eigenvalue weighted by atomic mass is 9.85. The predicted molar refractivity (Wildman–Crippen MR) is 199 cm³/mol. The third-order valence-corrected chi connectivity index (χ3v) is 14.4. The van der Waals surface area contributed by atoms with E-state index >= 15 is 0 Å². The number of pyridine rings is 1. The molecule has 0 spiro atoms. The number of benzene rings is 1. The van der Waals surface area contributed by atoms with Gasteiger partial charge in [-0.25, -0.2) is 22.8 Å². The van der Waals surface area contributed by atoms with Gasteiger partial charge in [0.25, 0.3) is 0 Å². The number of likely N-dealkylation sites (tertiary alicyclic amines) is 1. The van der Waals surface area contributed by atoms with E-state index in [0.29, 0.717) is 50.2 Å². The Morgan fingerprint density at radius 1 is 1.04 bits per heavy atom. The molecule has 0 aliphatic carbocycles. The molecule has 0 bridgehead atoms. The van der Waals surface area contributed by atoms with Crippen molar-refractivity contribution in [3.8, 4) is 0 Å². The molecule has 4 aliphatic rings. The van der Waals surface area contributed by atoms with Crippen LogP contribution in [0.3, 0.4) is 0 Å². The molecule has 0 saturated carbocycles. The minimum atomic E-state index is -3.16. The van der Waals surface area contributed by atoms with Crippen LogP contribution in [-0.2, 0) is 19.4 Å². The van der Waals surface area contributed by atoms with Crippen molar-refractivity contribution in [2.45, 2.75) is 94.0 Å². The van der Waals surface area contributed by atoms with Crippen LogP contribution in [0, 0.1) is 5.92 Å². The molecule has 3 aromatic rings. The maximum absolute atomic E-state index is 14.7. The number of halogens is 1. The number of nitrogens with one attached hydrogen (secondary N) is 1. The maximum atomic E-state index is 14.7. The molecule has 4 aliphatic heterocycles. The van der Waals surface area contributed by atoms with Gasteiger partial charge in [0.2, 0.25) is 11.9 Å². The van der Waals surface area contributed by atoms with Gasteiger partial charge >= 0.3 is 0 Å². The summed E-state index contributed by atoms with van der Waals surface area (Å²) in [5, 5.41) is 4.80. The topological polar surface area (TPSA) is 121 Å². The quantitative estimate of drug-likeness (QED) is 0.260. The average Bonchev–Trinajstić information content (AvgIpc) is 3.59. The Morgan fingerprint density at radius 2 is 1.84 bits per heavy atom. The Kier molecular flexibility index (Phi) is 9.96. The fourth-order valence-corrected chi connectivity index (χ4v) is 11.1. The standard InChI is InChI=1S/C38H50FN7O4S/c1-6-36(47)46-15-8-10-30(46)27-17-31(45-20-25(21-45)33-11-7-9-24(4)51(33,48)49)28-19-41-35(18-26(28)37(27)23(2)3)42-34-12-14-40-38(43-34)44-16-13-32(50-5)29(39)22-44/h6,12,14,17-19,23-25,29-30,32-33H,1,7-11,13,15-16,20-22H2,2-5H3,(H,40,41,42,43)/t24-,29-,30+,32+,33-/m0/s1. The van der Waals surface area contributed by atoms with Crippen LogP contribution < -0.4 is 15.1 Å². The lowest BCUT2D eigenvalue weighted by molar-refractivity contribution is -0.126. The van der Waals surface area contributed by atoms with Gasteiger partial charge in [-0.1, -0.05) is 26.8 Å². The highest BCUT2D eigenvalue weighted by molar-refractivity contribution is 7.92. The van der Waals surface area contributed by atoms with Crippen LogP contribution in [0.25, 0.3) is 10.8 Å². The van der Waals surface area contributed by atoms with E-state index in [1.165, 1.54) is 13.2 Å². The second kappa shape index (κ2) is 14.3. The predicted octanol–water partition coefficient (Wildman–Crippen LogP) is 6.10. The molecule has 6 heterocycles. The van der Waals surface area contributed by atoms with E-state index in [0.717, 1.165) is 59.7 Å². The van der Waals surface area contributed by atoms with E-state index in [2.05, 4.69) is 47.8 Å². The van der Waals surface area contributed by atoms with Gasteiger partial charge in [-0.05, 0) is 85.7 Å². The van der Waals surface area contributed by atoms with Gasteiger partial charge in [0.1, 0.15) is 17.8 Å². The van der Waals surface area contributed by atoms with E-state index in [1.807, 2.05) is 22.9 Å². The summed E-state index contributed by atoms with van der Waals surface area (Å²) >= 11 is 0. The normalized spacial score (nSPS) is 26.8. The van der Waals surface area contributed by atoms with Gasteiger partial charge in [-0.15, -0.1) is 0 Å². The zero-order valence-electron chi connectivity index (χ0n) is 30.1. The van der Waals surface area contributed by atoms with Gasteiger partial charge in [0.05, 0.1) is 29.2 Å². The maximum Gasteiger partial charge on any atom is 0.246 e. The Morgan fingerprint density at radius 3 is 2.57 bits per heavy atom. The number of amides is 1. The summed E-state index contributed by atoms with van der Waals surface area (Å²) in [5.41, 5.74) is 3.29. The van der Waals surface area contributed by atoms with Crippen molar-refractivity contribution in [2.75, 3.05) is 55.0 Å². The number of fused-ring (bicyclic) bond motifs is 1. The Labute approximate surface area is 300 Å². The zero-order valence-corrected chi connectivity index (χ0v) is 30.9. The number of carbonyl (C=O) groups is 1. The van der Waals surface area contributed by atoms with Crippen molar-refractivity contribution >= 4 is 49.8 Å². The molecule has 13 heteroatoms. The molecule has 5 atom stereocenters. The molecule has 1 amide bonds. The van der Waals surface area contributed by atoms with Crippen LogP contribution in [-0.4, -0.2) is 96.8 Å². The summed E-state index contributed by atoms with van der Waals surface area (Å²) in [7, 11) is -1.62. The molecular weight excluding hydrogens is 670 g/mol. The minimum absolute atomic E-state index is 0.0725. The highest BCUT2D eigenvalue weighted by atomic mass is 32.2. The van der Waals surface area contributed by atoms with Crippen LogP contribution in [0.2, 0.25) is 0 Å². The number of sulfone groups is 1. The number of rotatable bonds is 9. The van der Waals surface area contributed by atoms with E-state index in [1.54, 1.807) is 12.3 Å². The van der Waals surface area contributed by atoms with Crippen molar-refractivity contribution in [3.63, 3.8) is 0 Å². The van der Waals surface area contributed by atoms with Crippen molar-refractivity contribution in [1.29, 1.82) is 0 Å². The molecule has 0 unspecified atom stereocenters. The summed E-state index contributed by atoms with van der Waals surface area (Å²) in [6.45, 7) is 12.7. The fraction of sp³-hybridized carbons (Fsp3) is 0.579. The molecule has 4 fully saturated rings. The van der Waals surface area contributed by atoms with Gasteiger partial charge in [-0.2, -0.15) is 4.98 Å². The van der Waals surface area contributed by atoms with Crippen molar-refractivity contribution in [3.05, 3.63) is 54.4 Å². The smallest absolute Gasteiger partial charge is 0.246 e. The first-order valence-corrected chi connectivity index (χ1v) is 20.0. The number of anilines is 4. The third-order valence-electron chi connectivity index (χ3n) is 11.5. The number of hydrogen-bond donors (Lipinski definition) is 1. The Bertz CT molecular complexity index is 1900. The average molecular weight is 720 g/mol. The number of aromatic nitrogens is 3. The lowest BCUT2D eigenvalue weighted by Crippen LogP contribution is -2.56. The summed E-state index contributed by atoms with van der Waals surface area (Å²) < 4.78 is 46.6. The molecule has 1 N–H and O–H groups in total. The minimum Gasteiger partial charge on any atom is -0.378 e. The number of methoxy groups -OCH3 is 1. The number of hydrogen-bond acceptors (Lipinski definition) is 10. The first kappa shape index (κ1) is 35.6. The highest BCUT2D eigenvalue weighted by Gasteiger charge is 2.45. The SMILES string of the molecule is C=CC(=O)N1CCC[C@@H]1c1cc(N2CC([C@@H]3CCC[C@H](C)S3(=O)=O)C2)c2cnc(Nc3ccnc(N4CC[C@@H](OC)[C@@H](F)C4)n3)cc2c1C(C)C. The third kappa shape index (κ3) is 6.67. The monoisotopic (exact) mass is 719 g/mol. The summed E-state index contributed by atoms with van der Waals surface area (Å²) in [4.78, 5) is 33.1. The van der Waals surface area contributed by atoms with E-state index in [9.17, 15) is 17.6 Å². The first-order chi connectivity index (χ1) is 24.5. The molecule has 274 valence electrons. The molecule has 0 radical (unpaired) electrons. The molecule has 1 aromatic carbocycles. The highest BCUT2D eigenvalue weighted by Crippen LogP contribution is 2.46. The largest absolute Gasteiger partial charge is 0.378 e. The number of nitrogens with zero attached hydrogens (tertiary/aromatic N) is 6. The lowest BCUT2D eigenvalue weighted by Gasteiger charge is -2.47. The van der Waals surface area contributed by atoms with Gasteiger partial charge in [0, 0.05) is 62.7 Å². The van der Waals surface area contributed by atoms with Crippen LogP contribution >= 0.6 is 0 Å². The van der Waals surface area contributed by atoms with Gasteiger partial charge in [0.15, 0.2) is 9.84 Å². The number of alkyl halides is 1. The second-order valence-electron chi connectivity index (χ2n) is 15.0. The van der Waals surface area contributed by atoms with Gasteiger partial charge < -0.3 is 24.8 Å². The van der Waals surface area contributed by atoms with Crippen LogP contribution in [0.5, 0.6) is 0 Å². The molecule has 11 nitrogen and oxygen atoms in total.